The minimum absolute atomic E-state index is 0.0393. The number of hydrogen-bond acceptors (Lipinski definition) is 7. The summed E-state index contributed by atoms with van der Waals surface area (Å²) in [7, 11) is -4.88. The van der Waals surface area contributed by atoms with Crippen LogP contribution in [0.3, 0.4) is 0 Å². The van der Waals surface area contributed by atoms with E-state index in [0.717, 1.165) is 21.6 Å². The Labute approximate surface area is 246 Å². The first-order valence-electron chi connectivity index (χ1n) is 13.0. The fraction of sp³-hybridized carbons (Fsp3) is 0.179. The van der Waals surface area contributed by atoms with Crippen molar-refractivity contribution in [1.29, 1.82) is 0 Å². The molecule has 2 saturated heterocycles. The maximum absolute atomic E-state index is 14.0. The fourth-order valence-corrected chi connectivity index (χ4v) is 6.00. The molecule has 0 saturated carbocycles. The molecule has 3 aromatic rings. The van der Waals surface area contributed by atoms with Crippen LogP contribution in [0.5, 0.6) is 0 Å². The van der Waals surface area contributed by atoms with E-state index < -0.39 is 58.4 Å². The van der Waals surface area contributed by atoms with Crippen LogP contribution in [-0.4, -0.2) is 84.0 Å². The first-order chi connectivity index (χ1) is 20.5. The number of β-lactam (4-membered cyclic amide) rings is 1. The first kappa shape index (κ1) is 29.1. The average Bonchev–Trinajstić information content (AvgIpc) is 3.37. The lowest BCUT2D eigenvalue weighted by atomic mass is 9.75. The number of carbonyl (C=O) groups excluding carboxylic acids is 4. The Balaban J connectivity index is 1.39. The van der Waals surface area contributed by atoms with Crippen molar-refractivity contribution in [3.8, 4) is 0 Å². The molecule has 5 rings (SSSR count). The molecule has 14 nitrogen and oxygen atoms in total. The smallest absolute Gasteiger partial charge is 0.405 e. The Morgan fingerprint density at radius 3 is 1.58 bits per heavy atom. The second kappa shape index (κ2) is 11.4. The SMILES string of the molecule is O=C(O)NC1CN(C(=O)NS(=O)(=O)NC(=O)N2CCN(C(c3ccccc3)(c3ccccc3)c3ccccc3)C2=O)C1=O. The maximum atomic E-state index is 14.0. The predicted molar refractivity (Wildman–Crippen MR) is 151 cm³/mol. The normalized spacial score (nSPS) is 16.8. The highest BCUT2D eigenvalue weighted by molar-refractivity contribution is 7.88. The third-order valence-electron chi connectivity index (χ3n) is 7.15. The Kier molecular flexibility index (Phi) is 7.74. The van der Waals surface area contributed by atoms with Crippen LogP contribution in [0.2, 0.25) is 0 Å². The molecule has 1 atom stereocenters. The summed E-state index contributed by atoms with van der Waals surface area (Å²) in [6.07, 6.45) is -1.49. The van der Waals surface area contributed by atoms with E-state index in [1.807, 2.05) is 96.3 Å². The summed E-state index contributed by atoms with van der Waals surface area (Å²) < 4.78 is 28.4. The van der Waals surface area contributed by atoms with E-state index in [9.17, 15) is 32.4 Å². The van der Waals surface area contributed by atoms with Gasteiger partial charge in [0.15, 0.2) is 0 Å². The van der Waals surface area contributed by atoms with Crippen LogP contribution in [-0.2, 0) is 20.5 Å². The highest BCUT2D eigenvalue weighted by Crippen LogP contribution is 2.44. The first-order valence-corrected chi connectivity index (χ1v) is 14.5. The summed E-state index contributed by atoms with van der Waals surface area (Å²) in [6.45, 7) is -0.534. The van der Waals surface area contributed by atoms with Crippen molar-refractivity contribution in [1.82, 2.24) is 29.5 Å². The molecule has 2 heterocycles. The van der Waals surface area contributed by atoms with Gasteiger partial charge in [0.25, 0.3) is 5.91 Å². The van der Waals surface area contributed by atoms with E-state index in [4.69, 9.17) is 5.11 Å². The van der Waals surface area contributed by atoms with Crippen molar-refractivity contribution in [2.75, 3.05) is 19.6 Å². The molecule has 0 spiro atoms. The zero-order chi connectivity index (χ0) is 30.8. The minimum atomic E-state index is -4.88. The van der Waals surface area contributed by atoms with Gasteiger partial charge in [0.1, 0.15) is 11.6 Å². The van der Waals surface area contributed by atoms with Gasteiger partial charge < -0.3 is 15.3 Å². The quantitative estimate of drug-likeness (QED) is 0.232. The Morgan fingerprint density at radius 1 is 0.721 bits per heavy atom. The summed E-state index contributed by atoms with van der Waals surface area (Å²) >= 11 is 0. The van der Waals surface area contributed by atoms with E-state index in [-0.39, 0.29) is 13.1 Å². The molecular formula is C28H26N6O8S. The van der Waals surface area contributed by atoms with Crippen LogP contribution in [0.15, 0.2) is 91.0 Å². The number of carbonyl (C=O) groups is 5. The van der Waals surface area contributed by atoms with Crippen molar-refractivity contribution < 1.29 is 37.5 Å². The summed E-state index contributed by atoms with van der Waals surface area (Å²) in [5.41, 5.74) is 1.01. The van der Waals surface area contributed by atoms with Gasteiger partial charge >= 0.3 is 34.4 Å². The van der Waals surface area contributed by atoms with Gasteiger partial charge in [-0.1, -0.05) is 91.0 Å². The Morgan fingerprint density at radius 2 is 1.16 bits per heavy atom. The van der Waals surface area contributed by atoms with Crippen LogP contribution in [0.25, 0.3) is 0 Å². The van der Waals surface area contributed by atoms with Gasteiger partial charge in [-0.25, -0.2) is 33.5 Å². The molecule has 2 fully saturated rings. The molecule has 0 aliphatic carbocycles. The number of carboxylic acid groups (broad SMARTS) is 1. The van der Waals surface area contributed by atoms with Crippen molar-refractivity contribution in [2.45, 2.75) is 11.6 Å². The molecule has 0 radical (unpaired) electrons. The maximum Gasteiger partial charge on any atom is 0.405 e. The van der Waals surface area contributed by atoms with Gasteiger partial charge in [0.2, 0.25) is 0 Å². The summed E-state index contributed by atoms with van der Waals surface area (Å²) in [4.78, 5) is 64.7. The number of imide groups is 2. The van der Waals surface area contributed by atoms with E-state index >= 15 is 0 Å². The lowest BCUT2D eigenvalue weighted by molar-refractivity contribution is -0.138. The largest absolute Gasteiger partial charge is 0.465 e. The van der Waals surface area contributed by atoms with E-state index in [2.05, 4.69) is 0 Å². The van der Waals surface area contributed by atoms with Gasteiger partial charge in [-0.3, -0.25) is 9.69 Å². The molecule has 0 bridgehead atoms. The number of likely N-dealkylation sites (tertiary alicyclic amines) is 1. The third-order valence-corrected chi connectivity index (χ3v) is 8.04. The molecule has 4 N–H and O–H groups in total. The molecule has 8 amide bonds. The van der Waals surface area contributed by atoms with Gasteiger partial charge in [-0.15, -0.1) is 0 Å². The number of benzene rings is 3. The molecule has 15 heteroatoms. The van der Waals surface area contributed by atoms with Gasteiger partial charge in [-0.05, 0) is 16.7 Å². The number of nitrogens with zero attached hydrogens (tertiary/aromatic N) is 3. The zero-order valence-corrected chi connectivity index (χ0v) is 23.2. The minimum Gasteiger partial charge on any atom is -0.465 e. The molecule has 222 valence electrons. The van der Waals surface area contributed by atoms with E-state index in [0.29, 0.717) is 4.90 Å². The topological polar surface area (TPSA) is 186 Å². The summed E-state index contributed by atoms with van der Waals surface area (Å²) in [5.74, 6) is -0.967. The predicted octanol–water partition coefficient (Wildman–Crippen LogP) is 1.86. The lowest BCUT2D eigenvalue weighted by Gasteiger charge is -2.43. The molecule has 2 aliphatic heterocycles. The summed E-state index contributed by atoms with van der Waals surface area (Å²) in [6, 6.07) is 23.0. The standard InChI is InChI=1S/C28H26N6O8S/c35-23-22(29-26(38)39)18-33(23)25(37)31-43(41,42)30-24(36)32-16-17-34(27(32)40)28(19-10-4-1-5-11-19,20-12-6-2-7-13-20)21-14-8-3-9-15-21/h1-15,22,29H,16-18H2,(H,30,36)(H,31,37)(H,38,39). The number of urea groups is 3. The highest BCUT2D eigenvalue weighted by atomic mass is 32.2. The average molecular weight is 607 g/mol. The molecule has 3 aromatic carbocycles. The van der Waals surface area contributed by atoms with Crippen LogP contribution in [0, 0.1) is 0 Å². The second-order valence-electron chi connectivity index (χ2n) is 9.66. The molecule has 1 unspecified atom stereocenters. The number of nitrogens with one attached hydrogen (secondary N) is 3. The molecule has 43 heavy (non-hydrogen) atoms. The monoisotopic (exact) mass is 606 g/mol. The van der Waals surface area contributed by atoms with Crippen molar-refractivity contribution in [3.63, 3.8) is 0 Å². The molecular weight excluding hydrogens is 580 g/mol. The number of amides is 8. The second-order valence-corrected chi connectivity index (χ2v) is 11.1. The van der Waals surface area contributed by atoms with Gasteiger partial charge in [0.05, 0.1) is 13.1 Å². The van der Waals surface area contributed by atoms with Crippen molar-refractivity contribution in [2.24, 2.45) is 0 Å². The number of hydrogen-bond donors (Lipinski definition) is 4. The molecule has 2 aliphatic rings. The van der Waals surface area contributed by atoms with E-state index in [1.54, 1.807) is 4.72 Å². The fourth-order valence-electron chi connectivity index (χ4n) is 5.27. The van der Waals surface area contributed by atoms with Crippen LogP contribution in [0.1, 0.15) is 16.7 Å². The summed E-state index contributed by atoms with van der Waals surface area (Å²) in [5, 5.41) is 10.6. The van der Waals surface area contributed by atoms with Crippen LogP contribution < -0.4 is 14.8 Å². The van der Waals surface area contributed by atoms with E-state index in [1.165, 1.54) is 9.62 Å². The lowest BCUT2D eigenvalue weighted by Crippen LogP contribution is -2.67. The van der Waals surface area contributed by atoms with Crippen molar-refractivity contribution in [3.05, 3.63) is 108 Å². The molecule has 0 aromatic heterocycles. The zero-order valence-electron chi connectivity index (χ0n) is 22.4. The highest BCUT2D eigenvalue weighted by Gasteiger charge is 2.50. The third kappa shape index (κ3) is 5.44. The van der Waals surface area contributed by atoms with Crippen LogP contribution >= 0.6 is 0 Å². The Hall–Kier alpha value is -5.44. The van der Waals surface area contributed by atoms with Crippen LogP contribution in [0.4, 0.5) is 19.2 Å². The van der Waals surface area contributed by atoms with Crippen molar-refractivity contribution >= 4 is 40.3 Å². The van der Waals surface area contributed by atoms with Gasteiger partial charge in [0, 0.05) is 6.54 Å². The Bertz CT molecular complexity index is 1570. The number of rotatable bonds is 7. The van der Waals surface area contributed by atoms with Gasteiger partial charge in [-0.2, -0.15) is 8.42 Å².